The number of carbonyl (C=O) groups is 2. The van der Waals surface area contributed by atoms with Crippen molar-refractivity contribution in [1.29, 1.82) is 0 Å². The van der Waals surface area contributed by atoms with Crippen LogP contribution in [0.25, 0.3) is 0 Å². The van der Waals surface area contributed by atoms with Crippen LogP contribution in [-0.4, -0.2) is 38.0 Å². The van der Waals surface area contributed by atoms with Crippen LogP contribution in [0.3, 0.4) is 0 Å². The third-order valence-corrected chi connectivity index (χ3v) is 1.46. The lowest BCUT2D eigenvalue weighted by molar-refractivity contribution is -0.120. The molecule has 0 saturated heterocycles. The van der Waals surface area contributed by atoms with Crippen LogP contribution < -0.4 is 10.6 Å². The van der Waals surface area contributed by atoms with Crippen molar-refractivity contribution in [2.24, 2.45) is 4.99 Å². The van der Waals surface area contributed by atoms with Crippen molar-refractivity contribution in [1.82, 2.24) is 10.6 Å². The molecular formula is C7H11N3O3. The summed E-state index contributed by atoms with van der Waals surface area (Å²) < 4.78 is 4.71. The predicted molar refractivity (Wildman–Crippen MR) is 45.5 cm³/mol. The van der Waals surface area contributed by atoms with Gasteiger partial charge in [0.1, 0.15) is 5.84 Å². The molecule has 13 heavy (non-hydrogen) atoms. The number of aliphatic imine (C=N–C) groups is 1. The van der Waals surface area contributed by atoms with E-state index in [2.05, 4.69) is 15.6 Å². The molecule has 2 N–H and O–H groups in total. The molecule has 6 heteroatoms. The first-order chi connectivity index (χ1) is 6.22. The van der Waals surface area contributed by atoms with Crippen molar-refractivity contribution >= 4 is 17.8 Å². The zero-order chi connectivity index (χ0) is 9.68. The van der Waals surface area contributed by atoms with E-state index in [1.807, 2.05) is 0 Å². The van der Waals surface area contributed by atoms with Crippen molar-refractivity contribution in [2.75, 3.05) is 20.3 Å². The van der Waals surface area contributed by atoms with Crippen LogP contribution >= 0.6 is 0 Å². The van der Waals surface area contributed by atoms with Crippen LogP contribution in [0, 0.1) is 0 Å². The van der Waals surface area contributed by atoms with E-state index in [1.165, 1.54) is 7.11 Å². The second kappa shape index (κ2) is 4.56. The van der Waals surface area contributed by atoms with Gasteiger partial charge in [0.25, 0.3) is 0 Å². The van der Waals surface area contributed by atoms with Crippen LogP contribution in [0.5, 0.6) is 0 Å². The number of amides is 3. The van der Waals surface area contributed by atoms with Crippen LogP contribution in [0.15, 0.2) is 4.99 Å². The average Bonchev–Trinajstić information content (AvgIpc) is 2.48. The first-order valence-electron chi connectivity index (χ1n) is 3.86. The van der Waals surface area contributed by atoms with Gasteiger partial charge in [-0.05, 0) is 0 Å². The predicted octanol–water partition coefficient (Wildman–Crippen LogP) is -0.739. The van der Waals surface area contributed by atoms with Gasteiger partial charge in [-0.15, -0.1) is 0 Å². The summed E-state index contributed by atoms with van der Waals surface area (Å²) in [5.74, 6) is 0.170. The normalized spacial score (nSPS) is 15.2. The molecule has 6 nitrogen and oxygen atoms in total. The van der Waals surface area contributed by atoms with Gasteiger partial charge in [-0.3, -0.25) is 4.79 Å². The lowest BCUT2D eigenvalue weighted by atomic mass is 10.4. The second-order valence-electron chi connectivity index (χ2n) is 2.51. The molecule has 1 aliphatic rings. The Labute approximate surface area is 75.4 Å². The van der Waals surface area contributed by atoms with E-state index in [0.29, 0.717) is 12.4 Å². The Morgan fingerprint density at radius 1 is 1.77 bits per heavy atom. The monoisotopic (exact) mass is 185 g/mol. The molecule has 0 aromatic carbocycles. The van der Waals surface area contributed by atoms with E-state index in [0.717, 1.165) is 0 Å². The molecule has 0 bridgehead atoms. The highest BCUT2D eigenvalue weighted by Gasteiger charge is 2.14. The molecule has 3 amide bonds. The van der Waals surface area contributed by atoms with E-state index < -0.39 is 6.03 Å². The molecule has 0 aliphatic carbocycles. The molecular weight excluding hydrogens is 174 g/mol. The van der Waals surface area contributed by atoms with Gasteiger partial charge in [-0.1, -0.05) is 0 Å². The minimum atomic E-state index is -0.415. The highest BCUT2D eigenvalue weighted by molar-refractivity contribution is 6.07. The van der Waals surface area contributed by atoms with E-state index in [-0.39, 0.29) is 18.9 Å². The first-order valence-corrected chi connectivity index (χ1v) is 3.86. The van der Waals surface area contributed by atoms with Gasteiger partial charge in [0, 0.05) is 7.11 Å². The third-order valence-electron chi connectivity index (χ3n) is 1.46. The van der Waals surface area contributed by atoms with Crippen molar-refractivity contribution in [3.63, 3.8) is 0 Å². The Balaban J connectivity index is 2.28. The van der Waals surface area contributed by atoms with Gasteiger partial charge in [0.15, 0.2) is 0 Å². The number of carbonyl (C=O) groups excluding carboxylic acids is 2. The first kappa shape index (κ1) is 9.66. The van der Waals surface area contributed by atoms with E-state index >= 15 is 0 Å². The maximum absolute atomic E-state index is 11.1. The Hall–Kier alpha value is -1.43. The quantitative estimate of drug-likeness (QED) is 0.607. The van der Waals surface area contributed by atoms with Crippen LogP contribution in [-0.2, 0) is 9.53 Å². The third kappa shape index (κ3) is 3.20. The Kier molecular flexibility index (Phi) is 3.39. The summed E-state index contributed by atoms with van der Waals surface area (Å²) in [7, 11) is 1.52. The second-order valence-corrected chi connectivity index (χ2v) is 2.51. The summed E-state index contributed by atoms with van der Waals surface area (Å²) in [5, 5.41) is 4.93. The molecule has 0 atom stereocenters. The Morgan fingerprint density at radius 3 is 3.08 bits per heavy atom. The van der Waals surface area contributed by atoms with Gasteiger partial charge < -0.3 is 15.4 Å². The van der Waals surface area contributed by atoms with Crippen LogP contribution in [0.4, 0.5) is 4.79 Å². The summed E-state index contributed by atoms with van der Waals surface area (Å²) in [6.45, 7) is 0.651. The minimum absolute atomic E-state index is 0.197. The molecule has 0 fully saturated rings. The topological polar surface area (TPSA) is 79.8 Å². The largest absolute Gasteiger partial charge is 0.384 e. The zero-order valence-electron chi connectivity index (χ0n) is 7.29. The molecule has 1 aliphatic heterocycles. The summed E-state index contributed by atoms with van der Waals surface area (Å²) in [4.78, 5) is 25.2. The number of nitrogens with one attached hydrogen (secondary N) is 2. The zero-order valence-corrected chi connectivity index (χ0v) is 7.29. The van der Waals surface area contributed by atoms with Gasteiger partial charge in [0.2, 0.25) is 5.91 Å². The summed E-state index contributed by atoms with van der Waals surface area (Å²) in [5.41, 5.74) is 0. The van der Waals surface area contributed by atoms with E-state index in [9.17, 15) is 9.59 Å². The van der Waals surface area contributed by atoms with Crippen molar-refractivity contribution < 1.29 is 14.3 Å². The number of nitrogens with zero attached hydrogens (tertiary/aromatic N) is 1. The smallest absolute Gasteiger partial charge is 0.343 e. The fourth-order valence-corrected chi connectivity index (χ4v) is 0.851. The fourth-order valence-electron chi connectivity index (χ4n) is 0.851. The van der Waals surface area contributed by atoms with Crippen LogP contribution in [0.1, 0.15) is 6.42 Å². The number of amidine groups is 1. The van der Waals surface area contributed by atoms with Gasteiger partial charge in [-0.2, -0.15) is 4.99 Å². The average molecular weight is 185 g/mol. The molecule has 1 heterocycles. The van der Waals surface area contributed by atoms with Gasteiger partial charge >= 0.3 is 6.03 Å². The fraction of sp³-hybridized carbons (Fsp3) is 0.571. The van der Waals surface area contributed by atoms with Gasteiger partial charge in [-0.25, -0.2) is 4.79 Å². The van der Waals surface area contributed by atoms with E-state index in [1.54, 1.807) is 0 Å². The van der Waals surface area contributed by atoms with Crippen molar-refractivity contribution in [3.8, 4) is 0 Å². The summed E-state index contributed by atoms with van der Waals surface area (Å²) in [6, 6.07) is -0.415. The highest BCUT2D eigenvalue weighted by atomic mass is 16.5. The lowest BCUT2D eigenvalue weighted by Gasteiger charge is -2.01. The molecule has 1 rings (SSSR count). The molecule has 0 unspecified atom stereocenters. The summed E-state index contributed by atoms with van der Waals surface area (Å²) >= 11 is 0. The van der Waals surface area contributed by atoms with Gasteiger partial charge in [0.05, 0.1) is 19.6 Å². The lowest BCUT2D eigenvalue weighted by Crippen LogP contribution is -2.34. The number of urea groups is 1. The van der Waals surface area contributed by atoms with Crippen molar-refractivity contribution in [2.45, 2.75) is 6.42 Å². The standard InChI is InChI=1S/C7H11N3O3/c1-13-3-2-6(11)9-5-4-8-7(12)10-5/h2-4H2,1H3,(H2,8,9,10,11,12). The number of ether oxygens (including phenoxy) is 1. The molecule has 0 aromatic rings. The molecule has 0 spiro atoms. The van der Waals surface area contributed by atoms with Crippen LogP contribution in [0.2, 0.25) is 0 Å². The molecule has 0 saturated carbocycles. The van der Waals surface area contributed by atoms with Crippen molar-refractivity contribution in [3.05, 3.63) is 0 Å². The molecule has 0 radical (unpaired) electrons. The highest BCUT2D eigenvalue weighted by Crippen LogP contribution is 1.88. The summed E-state index contributed by atoms with van der Waals surface area (Å²) in [6.07, 6.45) is 0.268. The van der Waals surface area contributed by atoms with E-state index in [4.69, 9.17) is 4.74 Å². The maximum Gasteiger partial charge on any atom is 0.343 e. The molecule has 72 valence electrons. The molecule has 0 aromatic heterocycles. The SMILES string of the molecule is COCCC(=O)NC1=NC(=O)NC1. The number of hydrogen-bond acceptors (Lipinski definition) is 3. The number of methoxy groups -OCH3 is 1. The number of rotatable bonds is 3. The maximum atomic E-state index is 11.1. The minimum Gasteiger partial charge on any atom is -0.384 e. The number of hydrogen-bond donors (Lipinski definition) is 2. The Bertz CT molecular complexity index is 249. The Morgan fingerprint density at radius 2 is 2.54 bits per heavy atom.